The van der Waals surface area contributed by atoms with Gasteiger partial charge in [-0.15, -0.1) is 0 Å². The molecule has 0 bridgehead atoms. The van der Waals surface area contributed by atoms with Gasteiger partial charge in [0.15, 0.2) is 0 Å². The van der Waals surface area contributed by atoms with Crippen LogP contribution in [0.1, 0.15) is 47.0 Å². The topological polar surface area (TPSA) is 59.0 Å². The number of hydrogen-bond donors (Lipinski definition) is 0. The minimum Gasteiger partial charge on any atom is -0.338 e. The first-order valence-electron chi connectivity index (χ1n) is 10.4. The van der Waals surface area contributed by atoms with Gasteiger partial charge < -0.3 is 4.90 Å². The first-order valence-corrected chi connectivity index (χ1v) is 10.4. The average Bonchev–Trinajstić information content (AvgIpc) is 2.80. The fraction of sp³-hybridized carbons (Fsp3) is 0.280. The van der Waals surface area contributed by atoms with Crippen molar-refractivity contribution in [3.63, 3.8) is 0 Å². The third-order valence-electron chi connectivity index (χ3n) is 5.48. The van der Waals surface area contributed by atoms with E-state index in [1.165, 1.54) is 5.56 Å². The van der Waals surface area contributed by atoms with Gasteiger partial charge in [-0.1, -0.05) is 36.4 Å². The lowest BCUT2D eigenvalue weighted by Gasteiger charge is -2.32. The van der Waals surface area contributed by atoms with Gasteiger partial charge in [-0.25, -0.2) is 9.97 Å². The highest BCUT2D eigenvalue weighted by Gasteiger charge is 2.26. The number of carbonyl (C=O) groups is 1. The Bertz CT molecular complexity index is 1020. The van der Waals surface area contributed by atoms with Crippen molar-refractivity contribution in [3.8, 4) is 0 Å². The Hall–Kier alpha value is -3.34. The number of rotatable bonds is 5. The number of nitrogens with zero attached hydrogens (tertiary/aromatic N) is 4. The van der Waals surface area contributed by atoms with Crippen molar-refractivity contribution in [1.82, 2.24) is 19.9 Å². The van der Waals surface area contributed by atoms with Gasteiger partial charge in [0.05, 0.1) is 5.69 Å². The summed E-state index contributed by atoms with van der Waals surface area (Å²) in [5.74, 6) is 1.05. The van der Waals surface area contributed by atoms with E-state index in [9.17, 15) is 4.79 Å². The maximum Gasteiger partial charge on any atom is 0.246 e. The third-order valence-corrected chi connectivity index (χ3v) is 5.48. The van der Waals surface area contributed by atoms with E-state index in [0.29, 0.717) is 6.54 Å². The molecular formula is C25H26N4O. The Kier molecular flexibility index (Phi) is 6.28. The smallest absolute Gasteiger partial charge is 0.246 e. The second-order valence-corrected chi connectivity index (χ2v) is 7.73. The number of hydrogen-bond acceptors (Lipinski definition) is 4. The Morgan fingerprint density at radius 2 is 2.03 bits per heavy atom. The third kappa shape index (κ3) is 4.98. The molecular weight excluding hydrogens is 372 g/mol. The van der Waals surface area contributed by atoms with Gasteiger partial charge in [0.1, 0.15) is 5.82 Å². The van der Waals surface area contributed by atoms with E-state index in [1.807, 2.05) is 42.3 Å². The molecule has 30 heavy (non-hydrogen) atoms. The Morgan fingerprint density at radius 1 is 1.17 bits per heavy atom. The molecule has 152 valence electrons. The normalized spacial score (nSPS) is 16.7. The first-order chi connectivity index (χ1) is 14.7. The molecule has 5 heteroatoms. The summed E-state index contributed by atoms with van der Waals surface area (Å²) in [5.41, 5.74) is 4.41. The van der Waals surface area contributed by atoms with Crippen LogP contribution in [0, 0.1) is 6.92 Å². The van der Waals surface area contributed by atoms with Gasteiger partial charge in [0.2, 0.25) is 5.91 Å². The second kappa shape index (κ2) is 9.44. The summed E-state index contributed by atoms with van der Waals surface area (Å²) in [4.78, 5) is 28.0. The highest BCUT2D eigenvalue weighted by atomic mass is 16.2. The minimum atomic E-state index is 0.0407. The van der Waals surface area contributed by atoms with E-state index < -0.39 is 0 Å². The lowest BCUT2D eigenvalue weighted by Crippen LogP contribution is -2.38. The Morgan fingerprint density at radius 3 is 2.83 bits per heavy atom. The predicted molar refractivity (Wildman–Crippen MR) is 118 cm³/mol. The monoisotopic (exact) mass is 398 g/mol. The molecule has 1 aliphatic heterocycles. The molecule has 1 saturated heterocycles. The van der Waals surface area contributed by atoms with Crippen LogP contribution in [0.15, 0.2) is 67.1 Å². The molecule has 2 aromatic heterocycles. The number of amides is 1. The number of carbonyl (C=O) groups excluding carboxylic acids is 1. The molecule has 1 aliphatic rings. The van der Waals surface area contributed by atoms with Crippen LogP contribution in [0.25, 0.3) is 6.08 Å². The van der Waals surface area contributed by atoms with E-state index >= 15 is 0 Å². The molecule has 1 amide bonds. The molecule has 1 fully saturated rings. The standard InChI is InChI=1S/C25H26N4O/c1-19-27-17-23(15-20-7-3-2-4-8-20)25(28-19)22-10-6-14-29(18-22)24(30)12-11-21-9-5-13-26-16-21/h2-5,7-9,11-13,16-17,22H,6,10,14-15,18H2,1H3/b12-11+. The van der Waals surface area contributed by atoms with Crippen molar-refractivity contribution in [2.45, 2.75) is 32.1 Å². The van der Waals surface area contributed by atoms with Crippen LogP contribution in [-0.2, 0) is 11.2 Å². The van der Waals surface area contributed by atoms with Crippen molar-refractivity contribution in [1.29, 1.82) is 0 Å². The number of aromatic nitrogens is 3. The van der Waals surface area contributed by atoms with Gasteiger partial charge >= 0.3 is 0 Å². The summed E-state index contributed by atoms with van der Waals surface area (Å²) in [7, 11) is 0. The van der Waals surface area contributed by atoms with Crippen LogP contribution in [0.3, 0.4) is 0 Å². The predicted octanol–water partition coefficient (Wildman–Crippen LogP) is 4.19. The molecule has 4 rings (SSSR count). The largest absolute Gasteiger partial charge is 0.338 e. The number of pyridine rings is 1. The molecule has 3 heterocycles. The highest BCUT2D eigenvalue weighted by Crippen LogP contribution is 2.29. The molecule has 3 aromatic rings. The molecule has 0 radical (unpaired) electrons. The second-order valence-electron chi connectivity index (χ2n) is 7.73. The van der Waals surface area contributed by atoms with Gasteiger partial charge in [-0.05, 0) is 48.6 Å². The zero-order valence-electron chi connectivity index (χ0n) is 17.2. The fourth-order valence-corrected chi connectivity index (χ4v) is 3.97. The summed E-state index contributed by atoms with van der Waals surface area (Å²) in [6, 6.07) is 14.2. The average molecular weight is 399 g/mol. The molecule has 1 aromatic carbocycles. The lowest BCUT2D eigenvalue weighted by molar-refractivity contribution is -0.127. The van der Waals surface area contributed by atoms with Gasteiger partial charge in [-0.2, -0.15) is 0 Å². The molecule has 1 unspecified atom stereocenters. The van der Waals surface area contributed by atoms with Crippen molar-refractivity contribution >= 4 is 12.0 Å². The van der Waals surface area contributed by atoms with Crippen LogP contribution in [-0.4, -0.2) is 38.8 Å². The first kappa shape index (κ1) is 20.0. The summed E-state index contributed by atoms with van der Waals surface area (Å²) in [6.07, 6.45) is 11.7. The van der Waals surface area contributed by atoms with Gasteiger partial charge in [0, 0.05) is 50.1 Å². The minimum absolute atomic E-state index is 0.0407. The van der Waals surface area contributed by atoms with E-state index in [-0.39, 0.29) is 11.8 Å². The number of aryl methyl sites for hydroxylation is 1. The van der Waals surface area contributed by atoms with Gasteiger partial charge in [-0.3, -0.25) is 9.78 Å². The summed E-state index contributed by atoms with van der Waals surface area (Å²) >= 11 is 0. The highest BCUT2D eigenvalue weighted by molar-refractivity contribution is 5.91. The number of piperidine rings is 1. The lowest BCUT2D eigenvalue weighted by atomic mass is 9.90. The van der Waals surface area contributed by atoms with Crippen LogP contribution in [0.2, 0.25) is 0 Å². The summed E-state index contributed by atoms with van der Waals surface area (Å²) in [5, 5.41) is 0. The molecule has 5 nitrogen and oxygen atoms in total. The molecule has 1 atom stereocenters. The fourth-order valence-electron chi connectivity index (χ4n) is 3.97. The summed E-state index contributed by atoms with van der Waals surface area (Å²) in [6.45, 7) is 3.40. The van der Waals surface area contributed by atoms with Crippen LogP contribution in [0.5, 0.6) is 0 Å². The van der Waals surface area contributed by atoms with Crippen molar-refractivity contribution in [2.75, 3.05) is 13.1 Å². The number of likely N-dealkylation sites (tertiary alicyclic amines) is 1. The zero-order valence-corrected chi connectivity index (χ0v) is 17.2. The van der Waals surface area contributed by atoms with Gasteiger partial charge in [0.25, 0.3) is 0 Å². The van der Waals surface area contributed by atoms with E-state index in [1.54, 1.807) is 18.5 Å². The van der Waals surface area contributed by atoms with Crippen molar-refractivity contribution in [3.05, 3.63) is 95.3 Å². The van der Waals surface area contributed by atoms with E-state index in [2.05, 4.69) is 34.2 Å². The van der Waals surface area contributed by atoms with E-state index in [4.69, 9.17) is 4.98 Å². The maximum atomic E-state index is 12.8. The molecule has 0 N–H and O–H groups in total. The van der Waals surface area contributed by atoms with Crippen LogP contribution >= 0.6 is 0 Å². The molecule has 0 spiro atoms. The van der Waals surface area contributed by atoms with Crippen LogP contribution < -0.4 is 0 Å². The molecule has 0 aliphatic carbocycles. The van der Waals surface area contributed by atoms with Crippen molar-refractivity contribution < 1.29 is 4.79 Å². The number of benzene rings is 1. The summed E-state index contributed by atoms with van der Waals surface area (Å²) < 4.78 is 0. The maximum absolute atomic E-state index is 12.8. The van der Waals surface area contributed by atoms with E-state index in [0.717, 1.165) is 48.5 Å². The SMILES string of the molecule is Cc1ncc(Cc2ccccc2)c(C2CCCN(C(=O)/C=C/c3cccnc3)C2)n1. The quantitative estimate of drug-likeness (QED) is 0.605. The van der Waals surface area contributed by atoms with Crippen molar-refractivity contribution in [2.24, 2.45) is 0 Å². The molecule has 0 saturated carbocycles. The van der Waals surface area contributed by atoms with Crippen LogP contribution in [0.4, 0.5) is 0 Å². The Balaban J connectivity index is 1.51. The zero-order chi connectivity index (χ0) is 20.8. The Labute approximate surface area is 177 Å².